The number of piperidine rings is 2. The summed E-state index contributed by atoms with van der Waals surface area (Å²) in [7, 11) is 0. The fraction of sp³-hybridized carbons (Fsp3) is 0.500. The number of benzene rings is 2. The smallest absolute Gasteiger partial charge is 0.410 e. The molecule has 4 aliphatic rings. The maximum Gasteiger partial charge on any atom is 0.410 e. The maximum absolute atomic E-state index is 12.6. The third-order valence-corrected chi connectivity index (χ3v) is 13.7. The summed E-state index contributed by atoms with van der Waals surface area (Å²) >= 11 is 12.9. The molecule has 0 saturated carbocycles. The summed E-state index contributed by atoms with van der Waals surface area (Å²) in [5.41, 5.74) is 10.1. The number of aromatic nitrogens is 2. The van der Waals surface area contributed by atoms with Crippen LogP contribution in [0, 0.1) is 11.8 Å². The van der Waals surface area contributed by atoms with Crippen LogP contribution in [0.25, 0.3) is 23.3 Å². The standard InChI is InChI=1S/C29H35ClN2O4.C27H33ClN2O3.2CH4/c1-5-35-25(33)11-8-20-17-21-7-6-14-31-27(21)26(23-10-9-22(30)18-24(20)23)19-12-15-32(16-13-19)28(34)36-29(2,3)4;1-27(2,3)33-26(32)30-13-10-18(11-14-30)24-22-9-8-21(28)17-23(22)19(7-5-15-31)16-20-6-4-12-29-25(20)24;;/h6-7,9-10,14,17-19,26H,5,8,11-13,15-16H2,1-4H3;4,6,8-9,12,16-18,24,31H,5,7,10-11,13-15H2,1-3H3;2*1H4. The van der Waals surface area contributed by atoms with E-state index in [1.54, 1.807) is 0 Å². The van der Waals surface area contributed by atoms with Gasteiger partial charge in [0.1, 0.15) is 11.2 Å². The second-order valence-electron chi connectivity index (χ2n) is 20.5. The summed E-state index contributed by atoms with van der Waals surface area (Å²) in [6.07, 6.45) is 13.4. The van der Waals surface area contributed by atoms with Crippen molar-refractivity contribution >= 4 is 64.7 Å². The lowest BCUT2D eigenvalue weighted by molar-refractivity contribution is -0.142. The van der Waals surface area contributed by atoms with E-state index in [9.17, 15) is 19.5 Å². The number of rotatable bonds is 9. The van der Waals surface area contributed by atoms with Crippen molar-refractivity contribution in [2.75, 3.05) is 39.4 Å². The van der Waals surface area contributed by atoms with Crippen LogP contribution in [-0.4, -0.2) is 93.6 Å². The quantitative estimate of drug-likeness (QED) is 0.129. The summed E-state index contributed by atoms with van der Waals surface area (Å²) in [6, 6.07) is 20.3. The molecule has 13 heteroatoms. The molecule has 2 amide bonds. The molecular weight excluding hydrogens is 936 g/mol. The van der Waals surface area contributed by atoms with Gasteiger partial charge in [-0.2, -0.15) is 0 Å². The van der Waals surface area contributed by atoms with Crippen LogP contribution in [0.1, 0.15) is 171 Å². The van der Waals surface area contributed by atoms with Crippen molar-refractivity contribution in [2.45, 2.75) is 138 Å². The Labute approximate surface area is 433 Å². The summed E-state index contributed by atoms with van der Waals surface area (Å²) < 4.78 is 16.4. The largest absolute Gasteiger partial charge is 0.466 e. The number of carbonyl (C=O) groups is 3. The number of amides is 2. The number of likely N-dealkylation sites (tertiary alicyclic amines) is 2. The van der Waals surface area contributed by atoms with Crippen molar-refractivity contribution in [1.82, 2.24) is 19.8 Å². The fourth-order valence-electron chi connectivity index (χ4n) is 10.2. The van der Waals surface area contributed by atoms with Crippen LogP contribution < -0.4 is 0 Å². The number of allylic oxidation sites excluding steroid dienone is 2. The van der Waals surface area contributed by atoms with Crippen molar-refractivity contribution < 1.29 is 33.7 Å². The van der Waals surface area contributed by atoms with Gasteiger partial charge in [-0.25, -0.2) is 9.59 Å². The molecule has 2 aliphatic heterocycles. The first-order chi connectivity index (χ1) is 32.9. The summed E-state index contributed by atoms with van der Waals surface area (Å²) in [5, 5.41) is 10.8. The van der Waals surface area contributed by atoms with E-state index in [-0.39, 0.29) is 51.5 Å². The van der Waals surface area contributed by atoms with Gasteiger partial charge in [0.05, 0.1) is 18.0 Å². The average molecular weight is 1010 g/mol. The van der Waals surface area contributed by atoms with Gasteiger partial charge in [0.25, 0.3) is 0 Å². The van der Waals surface area contributed by atoms with Gasteiger partial charge in [-0.05, 0) is 198 Å². The SMILES string of the molecule is C.C.CC(C)(C)OC(=O)N1CCC(C2c3ccc(Cl)cc3C(CCCO)=Cc3cccnc32)CC1.CCOC(=O)CCC1=Cc2cccnc2C(C2CCN(C(=O)OC(C)(C)C)CC2)c2ccc(Cl)cc21. The minimum absolute atomic E-state index is 0. The molecule has 11 nitrogen and oxygen atoms in total. The molecule has 2 aliphatic carbocycles. The molecule has 0 spiro atoms. The molecule has 2 atom stereocenters. The highest BCUT2D eigenvalue weighted by atomic mass is 35.5. The number of carbonyl (C=O) groups excluding carboxylic acids is 3. The lowest BCUT2D eigenvalue weighted by Crippen LogP contribution is -2.42. The van der Waals surface area contributed by atoms with E-state index in [2.05, 4.69) is 42.5 Å². The molecule has 71 heavy (non-hydrogen) atoms. The summed E-state index contributed by atoms with van der Waals surface area (Å²) in [6.45, 7) is 16.3. The maximum atomic E-state index is 12.6. The van der Waals surface area contributed by atoms with Crippen LogP contribution in [0.5, 0.6) is 0 Å². The van der Waals surface area contributed by atoms with Crippen LogP contribution in [-0.2, 0) is 19.0 Å². The van der Waals surface area contributed by atoms with Gasteiger partial charge >= 0.3 is 18.2 Å². The van der Waals surface area contributed by atoms with Crippen LogP contribution in [0.2, 0.25) is 10.0 Å². The molecule has 4 aromatic rings. The normalized spacial score (nSPS) is 17.8. The van der Waals surface area contributed by atoms with Crippen LogP contribution in [0.4, 0.5) is 9.59 Å². The Morgan fingerprint density at radius 3 is 1.48 bits per heavy atom. The number of halogens is 2. The van der Waals surface area contributed by atoms with Gasteiger partial charge in [0, 0.05) is 73.5 Å². The predicted molar refractivity (Wildman–Crippen MR) is 288 cm³/mol. The number of hydrogen-bond donors (Lipinski definition) is 1. The lowest BCUT2D eigenvalue weighted by Gasteiger charge is -2.37. The van der Waals surface area contributed by atoms with Gasteiger partial charge in [0.15, 0.2) is 0 Å². The van der Waals surface area contributed by atoms with Gasteiger partial charge in [0.2, 0.25) is 0 Å². The average Bonchev–Trinajstić information content (AvgIpc) is 3.53. The molecule has 8 rings (SSSR count). The molecule has 0 radical (unpaired) electrons. The molecule has 2 saturated heterocycles. The second-order valence-corrected chi connectivity index (χ2v) is 21.3. The molecule has 1 N–H and O–H groups in total. The highest BCUT2D eigenvalue weighted by molar-refractivity contribution is 6.31. The van der Waals surface area contributed by atoms with Gasteiger partial charge < -0.3 is 29.1 Å². The van der Waals surface area contributed by atoms with E-state index >= 15 is 0 Å². The van der Waals surface area contributed by atoms with Crippen LogP contribution in [0.3, 0.4) is 0 Å². The number of aliphatic hydroxyl groups excluding tert-OH is 1. The summed E-state index contributed by atoms with van der Waals surface area (Å²) in [5.74, 6) is 0.629. The first-order valence-electron chi connectivity index (χ1n) is 24.6. The molecule has 4 heterocycles. The Morgan fingerprint density at radius 1 is 0.662 bits per heavy atom. The number of hydrogen-bond acceptors (Lipinski definition) is 9. The first-order valence-corrected chi connectivity index (χ1v) is 25.3. The van der Waals surface area contributed by atoms with Crippen molar-refractivity contribution in [1.29, 1.82) is 0 Å². The first kappa shape index (κ1) is 56.7. The van der Waals surface area contributed by atoms with Crippen molar-refractivity contribution in [3.63, 3.8) is 0 Å². The topological polar surface area (TPSA) is 131 Å². The summed E-state index contributed by atoms with van der Waals surface area (Å²) in [4.78, 5) is 50.7. The van der Waals surface area contributed by atoms with E-state index in [1.807, 2.05) is 101 Å². The molecule has 0 bridgehead atoms. The lowest BCUT2D eigenvalue weighted by atomic mass is 9.76. The fourth-order valence-corrected chi connectivity index (χ4v) is 10.5. The van der Waals surface area contributed by atoms with Crippen molar-refractivity contribution in [3.05, 3.63) is 128 Å². The van der Waals surface area contributed by atoms with E-state index in [4.69, 9.17) is 47.4 Å². The Bertz CT molecular complexity index is 2530. The minimum atomic E-state index is -0.512. The number of fused-ring (bicyclic) bond motifs is 4. The number of esters is 1. The molecule has 2 aromatic heterocycles. The zero-order valence-electron chi connectivity index (χ0n) is 41.2. The number of nitrogens with zero attached hydrogens (tertiary/aromatic N) is 4. The van der Waals surface area contributed by atoms with E-state index < -0.39 is 11.2 Å². The molecular formula is C58H76Cl2N4O7. The number of ether oxygens (including phenoxy) is 3. The van der Waals surface area contributed by atoms with E-state index in [0.717, 1.165) is 71.3 Å². The number of pyridine rings is 2. The highest BCUT2D eigenvalue weighted by Crippen LogP contribution is 2.47. The molecule has 2 aromatic carbocycles. The van der Waals surface area contributed by atoms with Gasteiger partial charge in [-0.1, -0.05) is 62.3 Å². The number of aliphatic hydroxyl groups is 1. The Hall–Kier alpha value is -5.23. The van der Waals surface area contributed by atoms with E-state index in [0.29, 0.717) is 73.9 Å². The minimum Gasteiger partial charge on any atom is -0.466 e. The molecule has 2 unspecified atom stereocenters. The Balaban J connectivity index is 0.000000258. The van der Waals surface area contributed by atoms with Gasteiger partial charge in [-0.3, -0.25) is 14.8 Å². The van der Waals surface area contributed by atoms with Crippen LogP contribution in [0.15, 0.2) is 73.1 Å². The molecule has 384 valence electrons. The van der Waals surface area contributed by atoms with Crippen LogP contribution >= 0.6 is 23.2 Å². The zero-order chi connectivity index (χ0) is 49.5. The Kier molecular flexibility index (Phi) is 19.9. The van der Waals surface area contributed by atoms with Crippen molar-refractivity contribution in [3.8, 4) is 0 Å². The second kappa shape index (κ2) is 24.9. The van der Waals surface area contributed by atoms with Crippen molar-refractivity contribution in [2.24, 2.45) is 11.8 Å². The monoisotopic (exact) mass is 1010 g/mol. The Morgan fingerprint density at radius 2 is 1.08 bits per heavy atom. The van der Waals surface area contributed by atoms with E-state index in [1.165, 1.54) is 16.7 Å². The molecule has 2 fully saturated rings. The predicted octanol–water partition coefficient (Wildman–Crippen LogP) is 14.1. The zero-order valence-corrected chi connectivity index (χ0v) is 42.7. The third-order valence-electron chi connectivity index (χ3n) is 13.2. The highest BCUT2D eigenvalue weighted by Gasteiger charge is 2.38. The third kappa shape index (κ3) is 14.5. The van der Waals surface area contributed by atoms with Gasteiger partial charge in [-0.15, -0.1) is 0 Å².